The molecule has 3 atom stereocenters. The highest BCUT2D eigenvalue weighted by Gasteiger charge is 2.50. The molecule has 1 unspecified atom stereocenters. The van der Waals surface area contributed by atoms with E-state index in [0.29, 0.717) is 30.8 Å². The van der Waals surface area contributed by atoms with Gasteiger partial charge in [0, 0.05) is 43.7 Å². The van der Waals surface area contributed by atoms with Gasteiger partial charge in [-0.3, -0.25) is 0 Å². The van der Waals surface area contributed by atoms with Crippen molar-refractivity contribution >= 4 is 30.7 Å². The second-order valence-electron chi connectivity index (χ2n) is 12.7. The maximum absolute atomic E-state index is 16.5. The molecule has 2 heterocycles. The van der Waals surface area contributed by atoms with Crippen molar-refractivity contribution in [2.75, 3.05) is 18.0 Å². The lowest BCUT2D eigenvalue weighted by molar-refractivity contribution is -0.108. The monoisotopic (exact) mass is 617 g/mol. The molecule has 1 aliphatic rings. The molecular formula is C35H41F2N3O3Si. The summed E-state index contributed by atoms with van der Waals surface area (Å²) in [5, 5.41) is 1.84. The van der Waals surface area contributed by atoms with Crippen molar-refractivity contribution in [1.82, 2.24) is 9.55 Å². The highest BCUT2D eigenvalue weighted by Crippen LogP contribution is 2.40. The number of hydrogen-bond acceptors (Lipinski definition) is 5. The van der Waals surface area contributed by atoms with Gasteiger partial charge in [0.25, 0.3) is 8.32 Å². The molecular weight excluding hydrogens is 576 g/mol. The van der Waals surface area contributed by atoms with Crippen LogP contribution in [0.5, 0.6) is 0 Å². The molecule has 6 nitrogen and oxygen atoms in total. The molecule has 0 amide bonds. The summed E-state index contributed by atoms with van der Waals surface area (Å²) in [5.41, 5.74) is 0.566. The Morgan fingerprint density at radius 3 is 2.05 bits per heavy atom. The number of aromatic nitrogens is 2. The Hall–Kier alpha value is -3.66. The maximum atomic E-state index is 16.5. The minimum atomic E-state index is -3.02. The number of imidazole rings is 1. The number of carbonyl (C=O) groups is 1. The largest absolute Gasteiger partial charge is 0.403 e. The summed E-state index contributed by atoms with van der Waals surface area (Å²) >= 11 is 0. The molecule has 0 spiro atoms. The average Bonchev–Trinajstić information content (AvgIpc) is 3.41. The van der Waals surface area contributed by atoms with Crippen molar-refractivity contribution < 1.29 is 22.7 Å². The first-order chi connectivity index (χ1) is 21.0. The zero-order valence-corrected chi connectivity index (χ0v) is 27.3. The van der Waals surface area contributed by atoms with E-state index in [1.165, 1.54) is 6.20 Å². The number of carbonyl (C=O) groups excluding carboxylic acids is 1. The predicted molar refractivity (Wildman–Crippen MR) is 172 cm³/mol. The van der Waals surface area contributed by atoms with Gasteiger partial charge < -0.3 is 23.4 Å². The van der Waals surface area contributed by atoms with Crippen molar-refractivity contribution in [1.29, 1.82) is 0 Å². The van der Waals surface area contributed by atoms with Crippen LogP contribution in [0.3, 0.4) is 0 Å². The number of aryl methyl sites for hydroxylation is 1. The second kappa shape index (κ2) is 12.8. The Bertz CT molecular complexity index is 1540. The Morgan fingerprint density at radius 2 is 1.57 bits per heavy atom. The summed E-state index contributed by atoms with van der Waals surface area (Å²) in [5.74, 6) is -2.81. The molecule has 9 heteroatoms. The number of anilines is 1. The lowest BCUT2D eigenvalue weighted by Crippen LogP contribution is -2.66. The fourth-order valence-corrected chi connectivity index (χ4v) is 11.2. The molecule has 0 saturated carbocycles. The van der Waals surface area contributed by atoms with Crippen LogP contribution in [0.1, 0.15) is 57.5 Å². The molecule has 1 fully saturated rings. The third-order valence-electron chi connectivity index (χ3n) is 8.49. The number of rotatable bonds is 9. The van der Waals surface area contributed by atoms with Crippen LogP contribution in [0.15, 0.2) is 79.1 Å². The van der Waals surface area contributed by atoms with Crippen LogP contribution in [-0.4, -0.2) is 49.5 Å². The number of morpholine rings is 1. The van der Waals surface area contributed by atoms with Gasteiger partial charge in [0.05, 0.1) is 24.5 Å². The molecule has 1 aliphatic heterocycles. The van der Waals surface area contributed by atoms with Gasteiger partial charge in [-0.05, 0) is 35.3 Å². The number of nitrogens with zero attached hydrogens (tertiary/aromatic N) is 3. The minimum absolute atomic E-state index is 0.0130. The Balaban J connectivity index is 1.70. The van der Waals surface area contributed by atoms with Crippen LogP contribution < -0.4 is 15.3 Å². The Morgan fingerprint density at radius 1 is 1.00 bits per heavy atom. The standard InChI is InChI=1S/C35H41F2N3O3Si/c1-24-20-40(21-25(2)43-24)33-26(19-29(31(36)32(33)37)30(22-41)34-38-17-18-39(34)6)23-42-44(35(3,4)5,27-13-9-7-10-14-27)28-15-11-8-12-16-28/h7-19,22,24-25,30H,20-21,23H2,1-6H3/t24-,25+,30?. The van der Waals surface area contributed by atoms with Gasteiger partial charge in [-0.1, -0.05) is 81.4 Å². The van der Waals surface area contributed by atoms with E-state index in [0.717, 1.165) is 10.4 Å². The van der Waals surface area contributed by atoms with Crippen LogP contribution in [0.2, 0.25) is 5.04 Å². The van der Waals surface area contributed by atoms with Gasteiger partial charge in [-0.2, -0.15) is 0 Å². The topological polar surface area (TPSA) is 56.6 Å². The molecule has 5 rings (SSSR count). The summed E-state index contributed by atoms with van der Waals surface area (Å²) < 4.78 is 47.3. The highest BCUT2D eigenvalue weighted by molar-refractivity contribution is 6.99. The summed E-state index contributed by atoms with van der Waals surface area (Å²) in [4.78, 5) is 18.6. The van der Waals surface area contributed by atoms with Crippen LogP contribution in [0.25, 0.3) is 0 Å². The zero-order valence-electron chi connectivity index (χ0n) is 26.3. The van der Waals surface area contributed by atoms with E-state index < -0.39 is 25.9 Å². The number of hydrogen-bond donors (Lipinski definition) is 0. The number of halogens is 2. The van der Waals surface area contributed by atoms with E-state index in [2.05, 4.69) is 50.0 Å². The summed E-state index contributed by atoms with van der Waals surface area (Å²) in [6, 6.07) is 22.0. The molecule has 0 N–H and O–H groups in total. The molecule has 4 aromatic rings. The first-order valence-electron chi connectivity index (χ1n) is 15.1. The van der Waals surface area contributed by atoms with Crippen molar-refractivity contribution in [3.8, 4) is 0 Å². The highest BCUT2D eigenvalue weighted by atomic mass is 28.4. The van der Waals surface area contributed by atoms with E-state index >= 15 is 8.78 Å². The molecule has 0 aliphatic carbocycles. The Labute approximate surface area is 259 Å². The van der Waals surface area contributed by atoms with Crippen molar-refractivity contribution in [3.05, 3.63) is 108 Å². The lowest BCUT2D eigenvalue weighted by atomic mass is 9.95. The van der Waals surface area contributed by atoms with Gasteiger partial charge in [0.2, 0.25) is 0 Å². The van der Waals surface area contributed by atoms with Gasteiger partial charge in [-0.15, -0.1) is 0 Å². The van der Waals surface area contributed by atoms with Gasteiger partial charge >= 0.3 is 0 Å². The molecule has 0 radical (unpaired) electrons. The van der Waals surface area contributed by atoms with Gasteiger partial charge in [0.15, 0.2) is 11.6 Å². The molecule has 44 heavy (non-hydrogen) atoms. The Kier molecular flexibility index (Phi) is 9.20. The van der Waals surface area contributed by atoms with Gasteiger partial charge in [0.1, 0.15) is 18.0 Å². The quantitative estimate of drug-likeness (QED) is 0.178. The van der Waals surface area contributed by atoms with Crippen molar-refractivity contribution in [2.45, 2.75) is 64.4 Å². The number of aldehydes is 1. The average molecular weight is 618 g/mol. The molecule has 1 saturated heterocycles. The third-order valence-corrected chi connectivity index (χ3v) is 13.5. The fourth-order valence-electron chi connectivity index (χ4n) is 6.63. The second-order valence-corrected chi connectivity index (χ2v) is 17.0. The van der Waals surface area contributed by atoms with Gasteiger partial charge in [-0.25, -0.2) is 13.8 Å². The summed E-state index contributed by atoms with van der Waals surface area (Å²) in [6.07, 6.45) is 3.48. The summed E-state index contributed by atoms with van der Waals surface area (Å²) in [7, 11) is -1.30. The molecule has 1 aromatic heterocycles. The molecule has 0 bridgehead atoms. The minimum Gasteiger partial charge on any atom is -0.403 e. The normalized spacial score (nSPS) is 18.3. The van der Waals surface area contributed by atoms with E-state index in [1.54, 1.807) is 23.9 Å². The van der Waals surface area contributed by atoms with Crippen LogP contribution in [0.4, 0.5) is 14.5 Å². The molecule has 3 aromatic carbocycles. The maximum Gasteiger partial charge on any atom is 0.261 e. The van der Waals surface area contributed by atoms with Crippen molar-refractivity contribution in [2.24, 2.45) is 7.05 Å². The third kappa shape index (κ3) is 5.88. The van der Waals surface area contributed by atoms with E-state index in [4.69, 9.17) is 9.16 Å². The molecule has 232 valence electrons. The zero-order chi connectivity index (χ0) is 31.6. The first-order valence-corrected chi connectivity index (χ1v) is 17.0. The van der Waals surface area contributed by atoms with Crippen LogP contribution in [0, 0.1) is 11.6 Å². The predicted octanol–water partition coefficient (Wildman–Crippen LogP) is 5.72. The van der Waals surface area contributed by atoms with E-state index in [9.17, 15) is 4.79 Å². The number of ether oxygens (including phenoxy) is 1. The van der Waals surface area contributed by atoms with Crippen LogP contribution in [-0.2, 0) is 27.6 Å². The van der Waals surface area contributed by atoms with Crippen LogP contribution >= 0.6 is 0 Å². The number of benzene rings is 3. The smallest absolute Gasteiger partial charge is 0.261 e. The summed E-state index contributed by atoms with van der Waals surface area (Å²) in [6.45, 7) is 11.2. The van der Waals surface area contributed by atoms with Crippen molar-refractivity contribution in [3.63, 3.8) is 0 Å². The first kappa shape index (κ1) is 31.8. The van der Waals surface area contributed by atoms with E-state index in [-0.39, 0.29) is 35.1 Å². The van der Waals surface area contributed by atoms with E-state index in [1.807, 2.05) is 55.1 Å². The SMILES string of the molecule is C[C@@H]1CN(c2c(CO[Si](c3ccccc3)(c3ccccc3)C(C)(C)C)cc(C(C=O)c3nccn3C)c(F)c2F)C[C@H](C)O1. The lowest BCUT2D eigenvalue weighted by Gasteiger charge is -2.43. The fraction of sp³-hybridized carbons (Fsp3) is 0.371.